The van der Waals surface area contributed by atoms with Crippen molar-refractivity contribution in [3.05, 3.63) is 93.1 Å². The molecular weight excluding hydrogens is 470 g/mol. The van der Waals surface area contributed by atoms with Gasteiger partial charge in [0.2, 0.25) is 5.78 Å². The molecule has 32 heavy (non-hydrogen) atoms. The van der Waals surface area contributed by atoms with E-state index in [4.69, 9.17) is 14.2 Å². The Hall–Kier alpha value is -3.09. The van der Waals surface area contributed by atoms with Gasteiger partial charge in [0.25, 0.3) is 0 Å². The summed E-state index contributed by atoms with van der Waals surface area (Å²) in [6.07, 6.45) is 2.62. The van der Waals surface area contributed by atoms with Gasteiger partial charge in [0.15, 0.2) is 5.76 Å². The summed E-state index contributed by atoms with van der Waals surface area (Å²) >= 11 is 3.43. The van der Waals surface area contributed by atoms with Crippen LogP contribution in [0.4, 0.5) is 0 Å². The van der Waals surface area contributed by atoms with E-state index in [2.05, 4.69) is 26.9 Å². The minimum absolute atomic E-state index is 0.100. The van der Waals surface area contributed by atoms with Crippen molar-refractivity contribution in [3.63, 3.8) is 0 Å². The second-order valence-electron chi connectivity index (χ2n) is 7.80. The van der Waals surface area contributed by atoms with Crippen molar-refractivity contribution < 1.29 is 19.0 Å². The Bertz CT molecular complexity index is 1200. The van der Waals surface area contributed by atoms with Crippen LogP contribution < -0.4 is 14.2 Å². The maximum Gasteiger partial charge on any atom is 0.231 e. The molecule has 2 aliphatic heterocycles. The number of Topliss-reactive ketones (excluding diaryl/α,β-unsaturated/α-hetero) is 1. The van der Waals surface area contributed by atoms with Crippen LogP contribution in [0.3, 0.4) is 0 Å². The Kier molecular flexibility index (Phi) is 5.72. The number of allylic oxidation sites excluding steroid dienone is 1. The van der Waals surface area contributed by atoms with Crippen molar-refractivity contribution in [2.45, 2.75) is 13.0 Å². The van der Waals surface area contributed by atoms with E-state index in [1.54, 1.807) is 19.3 Å². The molecule has 0 bridgehead atoms. The summed E-state index contributed by atoms with van der Waals surface area (Å²) in [7, 11) is 1.69. The second-order valence-corrected chi connectivity index (χ2v) is 8.71. The van der Waals surface area contributed by atoms with Gasteiger partial charge in [-0.15, -0.1) is 0 Å². The van der Waals surface area contributed by atoms with Crippen molar-refractivity contribution in [3.8, 4) is 17.2 Å². The number of nitrogens with zero attached hydrogens (tertiary/aromatic N) is 1. The number of halogens is 1. The van der Waals surface area contributed by atoms with Gasteiger partial charge in [0, 0.05) is 17.6 Å². The highest BCUT2D eigenvalue weighted by Gasteiger charge is 2.33. The van der Waals surface area contributed by atoms with E-state index >= 15 is 0 Å². The van der Waals surface area contributed by atoms with Crippen LogP contribution in [0.5, 0.6) is 17.2 Å². The molecular formula is C26H22BrNO4. The monoisotopic (exact) mass is 491 g/mol. The highest BCUT2D eigenvalue weighted by atomic mass is 79.9. The topological polar surface area (TPSA) is 48.0 Å². The molecule has 162 valence electrons. The van der Waals surface area contributed by atoms with Crippen molar-refractivity contribution >= 4 is 27.8 Å². The van der Waals surface area contributed by atoms with Crippen LogP contribution in [-0.2, 0) is 13.0 Å². The Labute approximate surface area is 195 Å². The smallest absolute Gasteiger partial charge is 0.231 e. The van der Waals surface area contributed by atoms with E-state index in [-0.39, 0.29) is 5.78 Å². The molecule has 0 amide bonds. The summed E-state index contributed by atoms with van der Waals surface area (Å²) in [5, 5.41) is 0. The average molecular weight is 492 g/mol. The van der Waals surface area contributed by atoms with Gasteiger partial charge in [-0.2, -0.15) is 0 Å². The fraction of sp³-hybridized carbons (Fsp3) is 0.192. The summed E-state index contributed by atoms with van der Waals surface area (Å²) in [6, 6.07) is 19.5. The lowest BCUT2D eigenvalue weighted by atomic mass is 10.0. The van der Waals surface area contributed by atoms with Crippen molar-refractivity contribution in [1.82, 2.24) is 4.90 Å². The number of fused-ring (bicyclic) bond motifs is 3. The molecule has 2 heterocycles. The standard InChI is InChI=1S/C26H22BrNO4/c1-30-22-5-3-2-4-18(22)12-13-28-15-21-23(31-16-28)11-10-20-25(29)24(32-26(20)21)14-17-6-8-19(27)9-7-17/h2-11,14H,12-13,15-16H2,1H3/b24-14-. The van der Waals surface area contributed by atoms with E-state index in [0.717, 1.165) is 45.6 Å². The first-order chi connectivity index (χ1) is 15.6. The molecule has 5 nitrogen and oxygen atoms in total. The minimum Gasteiger partial charge on any atom is -0.496 e. The number of ether oxygens (including phenoxy) is 3. The number of para-hydroxylation sites is 1. The van der Waals surface area contributed by atoms with Crippen LogP contribution in [0.25, 0.3) is 6.08 Å². The predicted octanol–water partition coefficient (Wildman–Crippen LogP) is 5.47. The zero-order valence-corrected chi connectivity index (χ0v) is 19.2. The number of hydrogen-bond acceptors (Lipinski definition) is 5. The first-order valence-electron chi connectivity index (χ1n) is 10.4. The molecule has 3 aromatic carbocycles. The number of carbonyl (C=O) groups excluding carboxylic acids is 1. The molecule has 0 saturated heterocycles. The molecule has 0 atom stereocenters. The van der Waals surface area contributed by atoms with E-state index in [0.29, 0.717) is 30.3 Å². The Morgan fingerprint density at radius 2 is 1.91 bits per heavy atom. The van der Waals surface area contributed by atoms with E-state index in [9.17, 15) is 4.79 Å². The number of methoxy groups -OCH3 is 1. The largest absolute Gasteiger partial charge is 0.496 e. The summed E-state index contributed by atoms with van der Waals surface area (Å²) in [5.74, 6) is 2.51. The van der Waals surface area contributed by atoms with Crippen molar-refractivity contribution in [1.29, 1.82) is 0 Å². The first kappa shape index (κ1) is 20.8. The third kappa shape index (κ3) is 4.04. The fourth-order valence-electron chi connectivity index (χ4n) is 4.05. The molecule has 0 fully saturated rings. The molecule has 6 heteroatoms. The molecule has 0 aliphatic carbocycles. The van der Waals surface area contributed by atoms with Gasteiger partial charge in [0.05, 0.1) is 18.2 Å². The van der Waals surface area contributed by atoms with Crippen molar-refractivity contribution in [2.75, 3.05) is 20.4 Å². The Morgan fingerprint density at radius 3 is 2.72 bits per heavy atom. The molecule has 0 unspecified atom stereocenters. The maximum absolute atomic E-state index is 12.9. The van der Waals surface area contributed by atoms with Crippen LogP contribution in [0.15, 0.2) is 70.9 Å². The van der Waals surface area contributed by atoms with E-state index in [1.165, 1.54) is 0 Å². The van der Waals surface area contributed by atoms with Gasteiger partial charge in [-0.05, 0) is 54.0 Å². The molecule has 3 aromatic rings. The molecule has 5 rings (SSSR count). The molecule has 0 N–H and O–H groups in total. The minimum atomic E-state index is -0.100. The predicted molar refractivity (Wildman–Crippen MR) is 126 cm³/mol. The van der Waals surface area contributed by atoms with Gasteiger partial charge in [-0.3, -0.25) is 9.69 Å². The van der Waals surface area contributed by atoms with Crippen molar-refractivity contribution in [2.24, 2.45) is 0 Å². The first-order valence-corrected chi connectivity index (χ1v) is 11.2. The van der Waals surface area contributed by atoms with Crippen LogP contribution in [0.2, 0.25) is 0 Å². The third-order valence-corrected chi connectivity index (χ3v) is 6.27. The van der Waals surface area contributed by atoms with Crippen LogP contribution in [0, 0.1) is 0 Å². The van der Waals surface area contributed by atoms with Gasteiger partial charge in [0.1, 0.15) is 24.0 Å². The van der Waals surface area contributed by atoms with E-state index < -0.39 is 0 Å². The normalized spacial score (nSPS) is 16.3. The molecule has 0 radical (unpaired) electrons. The highest BCUT2D eigenvalue weighted by Crippen LogP contribution is 2.42. The summed E-state index contributed by atoms with van der Waals surface area (Å²) < 4.78 is 18.5. The fourth-order valence-corrected chi connectivity index (χ4v) is 4.31. The zero-order valence-electron chi connectivity index (χ0n) is 17.6. The lowest BCUT2D eigenvalue weighted by molar-refractivity contribution is 0.0948. The van der Waals surface area contributed by atoms with Gasteiger partial charge < -0.3 is 14.2 Å². The van der Waals surface area contributed by atoms with Gasteiger partial charge in [-0.1, -0.05) is 46.3 Å². The molecule has 0 aromatic heterocycles. The quantitative estimate of drug-likeness (QED) is 0.443. The van der Waals surface area contributed by atoms with Crippen LogP contribution in [0.1, 0.15) is 27.0 Å². The van der Waals surface area contributed by atoms with E-state index in [1.807, 2.05) is 48.5 Å². The lowest BCUT2D eigenvalue weighted by Gasteiger charge is -2.29. The van der Waals surface area contributed by atoms with Gasteiger partial charge >= 0.3 is 0 Å². The molecule has 0 saturated carbocycles. The third-order valence-electron chi connectivity index (χ3n) is 5.74. The molecule has 2 aliphatic rings. The highest BCUT2D eigenvalue weighted by molar-refractivity contribution is 9.10. The summed E-state index contributed by atoms with van der Waals surface area (Å²) in [5.41, 5.74) is 3.57. The zero-order chi connectivity index (χ0) is 22.1. The number of benzene rings is 3. The van der Waals surface area contributed by atoms with Crippen LogP contribution >= 0.6 is 15.9 Å². The number of rotatable bonds is 5. The number of hydrogen-bond donors (Lipinski definition) is 0. The average Bonchev–Trinajstić information content (AvgIpc) is 3.15. The second kappa shape index (κ2) is 8.81. The Morgan fingerprint density at radius 1 is 1.09 bits per heavy atom. The summed E-state index contributed by atoms with van der Waals surface area (Å²) in [4.78, 5) is 15.2. The lowest BCUT2D eigenvalue weighted by Crippen LogP contribution is -2.33. The number of carbonyl (C=O) groups is 1. The van der Waals surface area contributed by atoms with Gasteiger partial charge in [-0.25, -0.2) is 0 Å². The maximum atomic E-state index is 12.9. The van der Waals surface area contributed by atoms with Crippen LogP contribution in [-0.4, -0.2) is 31.1 Å². The molecule has 0 spiro atoms. The Balaban J connectivity index is 1.35. The summed E-state index contributed by atoms with van der Waals surface area (Å²) in [6.45, 7) is 1.96. The number of ketones is 1. The SMILES string of the molecule is COc1ccccc1CCN1COc2ccc3c(c2C1)O/C(=C\c1ccc(Br)cc1)C3=O.